The fraction of sp³-hybridized carbons (Fsp3) is 0.533. The molecule has 4 N–H and O–H groups in total. The number of nitrogens with one attached hydrogen (secondary N) is 1. The van der Waals surface area contributed by atoms with Crippen LogP contribution < -0.4 is 11.1 Å². The number of benzene rings is 1. The van der Waals surface area contributed by atoms with Crippen molar-refractivity contribution in [2.45, 2.75) is 12.5 Å². The number of hydrogen-bond donors (Lipinski definition) is 3. The molecule has 1 aliphatic heterocycles. The number of rotatable bonds is 7. The summed E-state index contributed by atoms with van der Waals surface area (Å²) >= 11 is 2.02. The van der Waals surface area contributed by atoms with Crippen molar-refractivity contribution < 1.29 is 5.21 Å². The lowest BCUT2D eigenvalue weighted by molar-refractivity contribution is 0.294. The van der Waals surface area contributed by atoms with Gasteiger partial charge in [-0.2, -0.15) is 11.8 Å². The van der Waals surface area contributed by atoms with Crippen LogP contribution in [0.2, 0.25) is 0 Å². The first-order valence-corrected chi connectivity index (χ1v) is 8.50. The fourth-order valence-corrected chi connectivity index (χ4v) is 3.44. The first kappa shape index (κ1) is 16.1. The molecule has 21 heavy (non-hydrogen) atoms. The first-order chi connectivity index (χ1) is 10.3. The van der Waals surface area contributed by atoms with E-state index in [0.717, 1.165) is 13.1 Å². The average molecular weight is 308 g/mol. The Bertz CT molecular complexity index is 435. The first-order valence-electron chi connectivity index (χ1n) is 7.34. The maximum Gasteiger partial charge on any atom is 0.141 e. The maximum absolute atomic E-state index is 8.78. The average Bonchev–Trinajstić information content (AvgIpc) is 2.55. The Kier molecular flexibility index (Phi) is 6.85. The van der Waals surface area contributed by atoms with Gasteiger partial charge in [0.05, 0.1) is 0 Å². The fourth-order valence-electron chi connectivity index (χ4n) is 2.46. The molecule has 1 aliphatic rings. The topological polar surface area (TPSA) is 73.9 Å². The third-order valence-electron chi connectivity index (χ3n) is 3.67. The zero-order valence-electron chi connectivity index (χ0n) is 12.2. The zero-order valence-corrected chi connectivity index (χ0v) is 13.1. The van der Waals surface area contributed by atoms with Crippen molar-refractivity contribution in [2.75, 3.05) is 37.7 Å². The molecule has 1 heterocycles. The number of oxime groups is 1. The number of nitrogens with zero attached hydrogens (tertiary/aromatic N) is 2. The van der Waals surface area contributed by atoms with Gasteiger partial charge in [-0.05, 0) is 5.56 Å². The third kappa shape index (κ3) is 5.57. The Hall–Kier alpha value is -1.24. The van der Waals surface area contributed by atoms with E-state index >= 15 is 0 Å². The van der Waals surface area contributed by atoms with Gasteiger partial charge in [0.25, 0.3) is 0 Å². The van der Waals surface area contributed by atoms with E-state index < -0.39 is 0 Å². The SMILES string of the molecule is N/C(CC(NCCN1CCSCC1)c1ccccc1)=N/O. The Morgan fingerprint density at radius 3 is 2.71 bits per heavy atom. The summed E-state index contributed by atoms with van der Waals surface area (Å²) in [6, 6.07) is 10.2. The smallest absolute Gasteiger partial charge is 0.141 e. The van der Waals surface area contributed by atoms with Crippen LogP contribution >= 0.6 is 11.8 Å². The molecule has 1 aromatic carbocycles. The lowest BCUT2D eigenvalue weighted by Gasteiger charge is -2.27. The van der Waals surface area contributed by atoms with Gasteiger partial charge in [0, 0.05) is 50.1 Å². The van der Waals surface area contributed by atoms with Gasteiger partial charge in [0.15, 0.2) is 0 Å². The minimum atomic E-state index is 0.0845. The minimum Gasteiger partial charge on any atom is -0.409 e. The largest absolute Gasteiger partial charge is 0.409 e. The summed E-state index contributed by atoms with van der Waals surface area (Å²) in [6.45, 7) is 4.29. The van der Waals surface area contributed by atoms with E-state index in [9.17, 15) is 0 Å². The number of hydrogen-bond acceptors (Lipinski definition) is 5. The predicted molar refractivity (Wildman–Crippen MR) is 89.0 cm³/mol. The molecule has 0 amide bonds. The highest BCUT2D eigenvalue weighted by Crippen LogP contribution is 2.16. The molecule has 1 aromatic rings. The summed E-state index contributed by atoms with van der Waals surface area (Å²) in [5.74, 6) is 2.71. The van der Waals surface area contributed by atoms with Gasteiger partial charge in [-0.3, -0.25) is 0 Å². The summed E-state index contributed by atoms with van der Waals surface area (Å²) in [5, 5.41) is 15.4. The van der Waals surface area contributed by atoms with Crippen LogP contribution in [0.15, 0.2) is 35.5 Å². The molecular weight excluding hydrogens is 284 g/mol. The molecular formula is C15H24N4OS. The van der Waals surface area contributed by atoms with Crippen LogP contribution in [0.25, 0.3) is 0 Å². The number of amidine groups is 1. The molecule has 0 aliphatic carbocycles. The van der Waals surface area contributed by atoms with E-state index in [1.54, 1.807) is 0 Å². The molecule has 1 saturated heterocycles. The second kappa shape index (κ2) is 8.92. The van der Waals surface area contributed by atoms with Gasteiger partial charge in [-0.15, -0.1) is 0 Å². The second-order valence-corrected chi connectivity index (χ2v) is 6.39. The molecule has 5 nitrogen and oxygen atoms in total. The Morgan fingerprint density at radius 1 is 1.33 bits per heavy atom. The Labute approximate surface area is 130 Å². The quantitative estimate of drug-likeness (QED) is 0.308. The number of thioether (sulfide) groups is 1. The molecule has 0 bridgehead atoms. The predicted octanol–water partition coefficient (Wildman–Crippen LogP) is 1.50. The van der Waals surface area contributed by atoms with E-state index in [-0.39, 0.29) is 11.9 Å². The molecule has 6 heteroatoms. The summed E-state index contributed by atoms with van der Waals surface area (Å²) in [4.78, 5) is 2.48. The standard InChI is InChI=1S/C15H24N4OS/c16-15(18-20)12-14(13-4-2-1-3-5-13)17-6-7-19-8-10-21-11-9-19/h1-5,14,17,20H,6-12H2,(H2,16,18). The zero-order chi connectivity index (χ0) is 14.9. The van der Waals surface area contributed by atoms with Crippen LogP contribution in [0, 0.1) is 0 Å². The molecule has 0 spiro atoms. The highest BCUT2D eigenvalue weighted by atomic mass is 32.2. The van der Waals surface area contributed by atoms with Crippen LogP contribution in [0.5, 0.6) is 0 Å². The molecule has 0 aromatic heterocycles. The summed E-state index contributed by atoms with van der Waals surface area (Å²) in [5.41, 5.74) is 6.84. The van der Waals surface area contributed by atoms with Crippen molar-refractivity contribution >= 4 is 17.6 Å². The van der Waals surface area contributed by atoms with Crippen molar-refractivity contribution in [2.24, 2.45) is 10.9 Å². The second-order valence-electron chi connectivity index (χ2n) is 5.17. The van der Waals surface area contributed by atoms with Crippen LogP contribution in [-0.4, -0.2) is 53.6 Å². The van der Waals surface area contributed by atoms with Gasteiger partial charge in [0.2, 0.25) is 0 Å². The highest BCUT2D eigenvalue weighted by molar-refractivity contribution is 7.99. The molecule has 0 saturated carbocycles. The third-order valence-corrected chi connectivity index (χ3v) is 4.61. The molecule has 2 rings (SSSR count). The van der Waals surface area contributed by atoms with E-state index in [4.69, 9.17) is 10.9 Å². The molecule has 1 fully saturated rings. The van der Waals surface area contributed by atoms with E-state index in [2.05, 4.69) is 27.5 Å². The monoisotopic (exact) mass is 308 g/mol. The highest BCUT2D eigenvalue weighted by Gasteiger charge is 2.14. The Balaban J connectivity index is 1.86. The van der Waals surface area contributed by atoms with E-state index in [1.165, 1.54) is 30.2 Å². The summed E-state index contributed by atoms with van der Waals surface area (Å²) in [7, 11) is 0. The molecule has 1 unspecified atom stereocenters. The van der Waals surface area contributed by atoms with Crippen molar-refractivity contribution in [3.8, 4) is 0 Å². The van der Waals surface area contributed by atoms with E-state index in [0.29, 0.717) is 6.42 Å². The maximum atomic E-state index is 8.78. The molecule has 1 atom stereocenters. The van der Waals surface area contributed by atoms with Gasteiger partial charge < -0.3 is 21.2 Å². The van der Waals surface area contributed by atoms with Gasteiger partial charge >= 0.3 is 0 Å². The minimum absolute atomic E-state index is 0.0845. The van der Waals surface area contributed by atoms with Gasteiger partial charge in [0.1, 0.15) is 5.84 Å². The van der Waals surface area contributed by atoms with Crippen LogP contribution in [0.1, 0.15) is 18.0 Å². The van der Waals surface area contributed by atoms with Crippen LogP contribution in [0.4, 0.5) is 0 Å². The van der Waals surface area contributed by atoms with Crippen LogP contribution in [0.3, 0.4) is 0 Å². The summed E-state index contributed by atoms with van der Waals surface area (Å²) in [6.07, 6.45) is 0.510. The van der Waals surface area contributed by atoms with Crippen molar-refractivity contribution in [1.82, 2.24) is 10.2 Å². The van der Waals surface area contributed by atoms with Crippen molar-refractivity contribution in [1.29, 1.82) is 0 Å². The van der Waals surface area contributed by atoms with Crippen molar-refractivity contribution in [3.63, 3.8) is 0 Å². The molecule has 0 radical (unpaired) electrons. The van der Waals surface area contributed by atoms with Crippen LogP contribution in [-0.2, 0) is 0 Å². The Morgan fingerprint density at radius 2 is 2.05 bits per heavy atom. The van der Waals surface area contributed by atoms with Gasteiger partial charge in [-0.25, -0.2) is 0 Å². The summed E-state index contributed by atoms with van der Waals surface area (Å²) < 4.78 is 0. The van der Waals surface area contributed by atoms with Crippen molar-refractivity contribution in [3.05, 3.63) is 35.9 Å². The van der Waals surface area contributed by atoms with E-state index in [1.807, 2.05) is 30.0 Å². The lowest BCUT2D eigenvalue weighted by Crippen LogP contribution is -2.39. The lowest BCUT2D eigenvalue weighted by atomic mass is 10.0. The van der Waals surface area contributed by atoms with Gasteiger partial charge in [-0.1, -0.05) is 35.5 Å². The normalized spacial score (nSPS) is 18.6. The molecule has 116 valence electrons. The number of nitrogens with two attached hydrogens (primary N) is 1.